The maximum atomic E-state index is 12.7. The number of likely N-dealkylation sites (tertiary alicyclic amines) is 1. The largest absolute Gasteiger partial charge is 0.324 e. The first-order chi connectivity index (χ1) is 13.5. The fourth-order valence-electron chi connectivity index (χ4n) is 3.18. The van der Waals surface area contributed by atoms with Crippen LogP contribution in [0.15, 0.2) is 42.5 Å². The summed E-state index contributed by atoms with van der Waals surface area (Å²) in [6.07, 6.45) is 1.47. The van der Waals surface area contributed by atoms with Crippen molar-refractivity contribution in [3.63, 3.8) is 0 Å². The summed E-state index contributed by atoms with van der Waals surface area (Å²) in [5.41, 5.74) is 1.34. The average Bonchev–Trinajstić information content (AvgIpc) is 3.12. The quantitative estimate of drug-likeness (QED) is 0.773. The number of amides is 2. The number of nitrogens with one attached hydrogen (secondary N) is 2. The van der Waals surface area contributed by atoms with Crippen molar-refractivity contribution in [2.75, 3.05) is 23.7 Å². The summed E-state index contributed by atoms with van der Waals surface area (Å²) in [7, 11) is 0. The molecule has 0 aliphatic carbocycles. The lowest BCUT2D eigenvalue weighted by Crippen LogP contribution is -2.43. The van der Waals surface area contributed by atoms with Crippen molar-refractivity contribution in [2.24, 2.45) is 0 Å². The second-order valence-electron chi connectivity index (χ2n) is 6.45. The minimum Gasteiger partial charge on any atom is -0.324 e. The van der Waals surface area contributed by atoms with Gasteiger partial charge in [-0.05, 0) is 49.7 Å². The normalized spacial score (nSPS) is 16.4. The molecule has 0 spiro atoms. The van der Waals surface area contributed by atoms with Gasteiger partial charge in [0.2, 0.25) is 11.8 Å². The predicted molar refractivity (Wildman–Crippen MR) is 109 cm³/mol. The molecule has 0 bridgehead atoms. The Bertz CT molecular complexity index is 942. The van der Waals surface area contributed by atoms with E-state index < -0.39 is 6.04 Å². The van der Waals surface area contributed by atoms with Crippen LogP contribution in [0.5, 0.6) is 0 Å². The van der Waals surface area contributed by atoms with Gasteiger partial charge < -0.3 is 10.6 Å². The van der Waals surface area contributed by atoms with E-state index in [-0.39, 0.29) is 18.4 Å². The highest BCUT2D eigenvalue weighted by Gasteiger charge is 2.32. The third kappa shape index (κ3) is 4.82. The summed E-state index contributed by atoms with van der Waals surface area (Å²) in [5.74, 6) is -0.487. The van der Waals surface area contributed by atoms with Gasteiger partial charge in [-0.1, -0.05) is 35.3 Å². The zero-order valence-electron chi connectivity index (χ0n) is 14.9. The van der Waals surface area contributed by atoms with Crippen molar-refractivity contribution >= 4 is 46.4 Å². The standard InChI is InChI=1S/C20H18Cl2N4O2/c21-14-7-8-17(15(22)10-14)25-20(28)18-6-3-9-26(18)12-19(27)24-16-5-2-1-4-13(16)11-23/h1-2,4-5,7-8,10,18H,3,6,9,12H2,(H,24,27)(H,25,28)/t18-/m1/s1. The Balaban J connectivity index is 1.63. The number of nitrogens with zero attached hydrogens (tertiary/aromatic N) is 2. The number of nitriles is 1. The van der Waals surface area contributed by atoms with Crippen LogP contribution in [0.1, 0.15) is 18.4 Å². The molecule has 6 nitrogen and oxygen atoms in total. The third-order valence-corrected chi connectivity index (χ3v) is 5.07. The molecule has 1 atom stereocenters. The van der Waals surface area contributed by atoms with Gasteiger partial charge in [0, 0.05) is 5.02 Å². The first kappa shape index (κ1) is 20.2. The van der Waals surface area contributed by atoms with Crippen molar-refractivity contribution in [1.82, 2.24) is 4.90 Å². The molecule has 0 radical (unpaired) electrons. The minimum absolute atomic E-state index is 0.0617. The SMILES string of the molecule is N#Cc1ccccc1NC(=O)CN1CCC[C@@H]1C(=O)Nc1ccc(Cl)cc1Cl. The van der Waals surface area contributed by atoms with E-state index in [0.717, 1.165) is 6.42 Å². The number of carbonyl (C=O) groups excluding carboxylic acids is 2. The molecule has 28 heavy (non-hydrogen) atoms. The zero-order chi connectivity index (χ0) is 20.1. The van der Waals surface area contributed by atoms with E-state index in [1.165, 1.54) is 0 Å². The molecule has 144 valence electrons. The van der Waals surface area contributed by atoms with Crippen LogP contribution in [0.2, 0.25) is 10.0 Å². The van der Waals surface area contributed by atoms with Crippen LogP contribution in [0.3, 0.4) is 0 Å². The zero-order valence-corrected chi connectivity index (χ0v) is 16.4. The van der Waals surface area contributed by atoms with E-state index in [0.29, 0.717) is 39.9 Å². The summed E-state index contributed by atoms with van der Waals surface area (Å²) in [4.78, 5) is 26.9. The smallest absolute Gasteiger partial charge is 0.241 e. The van der Waals surface area contributed by atoms with Crippen molar-refractivity contribution in [2.45, 2.75) is 18.9 Å². The van der Waals surface area contributed by atoms with Crippen molar-refractivity contribution in [3.05, 3.63) is 58.1 Å². The van der Waals surface area contributed by atoms with Gasteiger partial charge in [0.15, 0.2) is 0 Å². The summed E-state index contributed by atoms with van der Waals surface area (Å²) < 4.78 is 0. The first-order valence-electron chi connectivity index (χ1n) is 8.77. The molecule has 0 saturated carbocycles. The molecule has 1 aliphatic rings. The molecule has 1 heterocycles. The van der Waals surface area contributed by atoms with Crippen molar-refractivity contribution in [3.8, 4) is 6.07 Å². The van der Waals surface area contributed by atoms with Crippen LogP contribution in [0, 0.1) is 11.3 Å². The number of hydrogen-bond donors (Lipinski definition) is 2. The molecule has 2 aromatic carbocycles. The fraction of sp³-hybridized carbons (Fsp3) is 0.250. The molecule has 1 aliphatic heterocycles. The average molecular weight is 417 g/mol. The van der Waals surface area contributed by atoms with Gasteiger partial charge in [-0.3, -0.25) is 14.5 Å². The van der Waals surface area contributed by atoms with E-state index in [4.69, 9.17) is 28.5 Å². The Labute approximate surface area is 173 Å². The van der Waals surface area contributed by atoms with Crippen molar-refractivity contribution in [1.29, 1.82) is 5.26 Å². The number of halogens is 2. The fourth-order valence-corrected chi connectivity index (χ4v) is 3.64. The topological polar surface area (TPSA) is 85.2 Å². The Morgan fingerprint density at radius 3 is 2.68 bits per heavy atom. The number of hydrogen-bond acceptors (Lipinski definition) is 4. The number of carbonyl (C=O) groups is 2. The van der Waals surface area contributed by atoms with Crippen LogP contribution in [-0.2, 0) is 9.59 Å². The number of benzene rings is 2. The maximum absolute atomic E-state index is 12.7. The predicted octanol–water partition coefficient (Wildman–Crippen LogP) is 3.91. The van der Waals surface area contributed by atoms with Gasteiger partial charge in [0.1, 0.15) is 6.07 Å². The molecule has 3 rings (SSSR count). The highest BCUT2D eigenvalue weighted by molar-refractivity contribution is 6.36. The van der Waals surface area contributed by atoms with Crippen LogP contribution in [0.25, 0.3) is 0 Å². The summed E-state index contributed by atoms with van der Waals surface area (Å²) >= 11 is 12.0. The Kier molecular flexibility index (Phi) is 6.53. The van der Waals surface area contributed by atoms with Crippen LogP contribution < -0.4 is 10.6 Å². The third-order valence-electron chi connectivity index (χ3n) is 4.52. The second kappa shape index (κ2) is 9.07. The van der Waals surface area contributed by atoms with E-state index in [1.54, 1.807) is 42.5 Å². The van der Waals surface area contributed by atoms with Gasteiger partial charge in [0.25, 0.3) is 0 Å². The minimum atomic E-state index is -0.427. The van der Waals surface area contributed by atoms with E-state index in [9.17, 15) is 9.59 Å². The number of anilines is 2. The highest BCUT2D eigenvalue weighted by Crippen LogP contribution is 2.27. The van der Waals surface area contributed by atoms with E-state index >= 15 is 0 Å². The molecule has 2 amide bonds. The Morgan fingerprint density at radius 1 is 1.14 bits per heavy atom. The van der Waals surface area contributed by atoms with Gasteiger partial charge in [-0.2, -0.15) is 5.26 Å². The van der Waals surface area contributed by atoms with Crippen LogP contribution in [-0.4, -0.2) is 35.8 Å². The molecular formula is C20H18Cl2N4O2. The second-order valence-corrected chi connectivity index (χ2v) is 7.29. The van der Waals surface area contributed by atoms with Gasteiger partial charge >= 0.3 is 0 Å². The van der Waals surface area contributed by atoms with Crippen molar-refractivity contribution < 1.29 is 9.59 Å². The van der Waals surface area contributed by atoms with E-state index in [2.05, 4.69) is 10.6 Å². The van der Waals surface area contributed by atoms with Gasteiger partial charge in [-0.25, -0.2) is 0 Å². The van der Waals surface area contributed by atoms with Gasteiger partial charge in [-0.15, -0.1) is 0 Å². The molecular weight excluding hydrogens is 399 g/mol. The van der Waals surface area contributed by atoms with Crippen LogP contribution >= 0.6 is 23.2 Å². The molecule has 1 fully saturated rings. The monoisotopic (exact) mass is 416 g/mol. The molecule has 2 aromatic rings. The lowest BCUT2D eigenvalue weighted by Gasteiger charge is -2.23. The number of rotatable bonds is 5. The molecule has 2 N–H and O–H groups in total. The van der Waals surface area contributed by atoms with Crippen LogP contribution in [0.4, 0.5) is 11.4 Å². The Hall–Kier alpha value is -2.59. The Morgan fingerprint density at radius 2 is 1.93 bits per heavy atom. The lowest BCUT2D eigenvalue weighted by molar-refractivity contribution is -0.122. The summed E-state index contributed by atoms with van der Waals surface area (Å²) in [5, 5.41) is 15.5. The maximum Gasteiger partial charge on any atom is 0.241 e. The molecule has 8 heteroatoms. The lowest BCUT2D eigenvalue weighted by atomic mass is 10.2. The molecule has 0 unspecified atom stereocenters. The molecule has 0 aromatic heterocycles. The highest BCUT2D eigenvalue weighted by atomic mass is 35.5. The summed E-state index contributed by atoms with van der Waals surface area (Å²) in [6.45, 7) is 0.700. The first-order valence-corrected chi connectivity index (χ1v) is 9.52. The molecule has 1 saturated heterocycles. The summed E-state index contributed by atoms with van der Waals surface area (Å²) in [6, 6.07) is 13.3. The number of para-hydroxylation sites is 1. The van der Waals surface area contributed by atoms with E-state index in [1.807, 2.05) is 11.0 Å². The van der Waals surface area contributed by atoms with Gasteiger partial charge in [0.05, 0.1) is 34.5 Å².